The van der Waals surface area contributed by atoms with Crippen molar-refractivity contribution in [2.24, 2.45) is 0 Å². The van der Waals surface area contributed by atoms with Gasteiger partial charge in [0, 0.05) is 17.7 Å². The molecule has 1 aromatic heterocycles. The van der Waals surface area contributed by atoms with E-state index in [0.29, 0.717) is 23.8 Å². The van der Waals surface area contributed by atoms with E-state index in [1.165, 1.54) is 12.1 Å². The number of nitro benzene ring substituents is 1. The molecule has 0 unspecified atom stereocenters. The summed E-state index contributed by atoms with van der Waals surface area (Å²) in [7, 11) is 0. The maximum atomic E-state index is 10.7. The van der Waals surface area contributed by atoms with Crippen LogP contribution < -0.4 is 10.6 Å². The number of non-ortho nitro benzene ring substituents is 1. The number of benzene rings is 2. The van der Waals surface area contributed by atoms with Crippen molar-refractivity contribution in [1.82, 2.24) is 0 Å². The number of quaternary nitrogens is 1. The van der Waals surface area contributed by atoms with Gasteiger partial charge in [-0.05, 0) is 30.7 Å². The molecule has 4 N–H and O–H groups in total. The van der Waals surface area contributed by atoms with Gasteiger partial charge in [-0.1, -0.05) is 35.9 Å². The van der Waals surface area contributed by atoms with Gasteiger partial charge in [0.2, 0.25) is 0 Å². The molecule has 8 heteroatoms. The number of anilines is 1. The van der Waals surface area contributed by atoms with Crippen molar-refractivity contribution < 1.29 is 19.8 Å². The fraction of sp³-hybridized carbons (Fsp3) is 0.238. The van der Waals surface area contributed by atoms with Crippen molar-refractivity contribution in [3.8, 4) is 11.3 Å². The summed E-state index contributed by atoms with van der Waals surface area (Å²) in [6.07, 6.45) is -0.486. The molecule has 0 aliphatic rings. The van der Waals surface area contributed by atoms with Gasteiger partial charge in [-0.3, -0.25) is 10.1 Å². The van der Waals surface area contributed by atoms with Gasteiger partial charge < -0.3 is 20.2 Å². The van der Waals surface area contributed by atoms with Crippen LogP contribution in [0, 0.1) is 10.1 Å². The average Bonchev–Trinajstić information content (AvgIpc) is 3.17. The van der Waals surface area contributed by atoms with Crippen LogP contribution in [0.1, 0.15) is 24.4 Å². The summed E-state index contributed by atoms with van der Waals surface area (Å²) in [5.41, 5.74) is 2.48. The Morgan fingerprint density at radius 2 is 1.97 bits per heavy atom. The normalized spacial score (nSPS) is 12.0. The topological polar surface area (TPSA) is 105 Å². The molecule has 0 aliphatic heterocycles. The molecular formula is C21H23ClN3O4+. The number of hydrogen-bond acceptors (Lipinski definition) is 5. The van der Waals surface area contributed by atoms with Crippen LogP contribution in [0.4, 0.5) is 11.4 Å². The summed E-state index contributed by atoms with van der Waals surface area (Å²) in [6, 6.07) is 15.9. The summed E-state index contributed by atoms with van der Waals surface area (Å²) in [4.78, 5) is 10.3. The van der Waals surface area contributed by atoms with E-state index in [-0.39, 0.29) is 5.69 Å². The Morgan fingerprint density at radius 3 is 2.62 bits per heavy atom. The zero-order valence-electron chi connectivity index (χ0n) is 16.0. The fourth-order valence-electron chi connectivity index (χ4n) is 2.88. The first-order chi connectivity index (χ1) is 13.9. The van der Waals surface area contributed by atoms with E-state index in [1.807, 2.05) is 36.4 Å². The van der Waals surface area contributed by atoms with Gasteiger partial charge in [-0.15, -0.1) is 0 Å². The zero-order valence-corrected chi connectivity index (χ0v) is 16.7. The van der Waals surface area contributed by atoms with Crippen molar-refractivity contribution in [3.63, 3.8) is 0 Å². The first-order valence-corrected chi connectivity index (χ1v) is 9.68. The third-order valence-corrected chi connectivity index (χ3v) is 4.82. The zero-order chi connectivity index (χ0) is 20.8. The van der Waals surface area contributed by atoms with E-state index in [4.69, 9.17) is 16.0 Å². The summed E-state index contributed by atoms with van der Waals surface area (Å²) >= 11 is 6.06. The number of aliphatic hydroxyl groups excluding tert-OH is 1. The minimum atomic E-state index is -0.486. The molecule has 7 nitrogen and oxygen atoms in total. The van der Waals surface area contributed by atoms with Crippen LogP contribution in [-0.4, -0.2) is 23.1 Å². The van der Waals surface area contributed by atoms with Crippen molar-refractivity contribution in [3.05, 3.63) is 81.1 Å². The highest BCUT2D eigenvalue weighted by molar-refractivity contribution is 6.33. The smallest absolute Gasteiger partial charge is 0.271 e. The maximum Gasteiger partial charge on any atom is 0.271 e. The highest BCUT2D eigenvalue weighted by Gasteiger charge is 2.10. The maximum absolute atomic E-state index is 10.7. The van der Waals surface area contributed by atoms with E-state index in [9.17, 15) is 15.2 Å². The van der Waals surface area contributed by atoms with Crippen LogP contribution in [0.2, 0.25) is 5.02 Å². The van der Waals surface area contributed by atoms with E-state index >= 15 is 0 Å². The van der Waals surface area contributed by atoms with Crippen LogP contribution in [0.5, 0.6) is 0 Å². The largest absolute Gasteiger partial charge is 0.455 e. The first-order valence-electron chi connectivity index (χ1n) is 9.30. The molecule has 152 valence electrons. The van der Waals surface area contributed by atoms with E-state index < -0.39 is 11.0 Å². The molecule has 3 aromatic rings. The van der Waals surface area contributed by atoms with E-state index in [0.717, 1.165) is 29.2 Å². The summed E-state index contributed by atoms with van der Waals surface area (Å²) in [6.45, 7) is 3.88. The standard InChI is InChI=1S/C21H22ClN3O4/c1-14(26)15-2-4-16(5-3-15)21-9-7-18(29-21)13-23-10-11-24-20-8-6-17(25(27)28)12-19(20)22/h2-9,12,14,23-24,26H,10-11,13H2,1H3/p+1/t14-/m0/s1. The van der Waals surface area contributed by atoms with Gasteiger partial charge in [0.1, 0.15) is 12.3 Å². The Bertz CT molecular complexity index is 970. The number of nitrogens with one attached hydrogen (secondary N) is 1. The Balaban J connectivity index is 1.45. The Kier molecular flexibility index (Phi) is 6.87. The first kappa shape index (κ1) is 20.9. The SMILES string of the molecule is C[C@H](O)c1ccc(-c2ccc(C[NH2+]CCNc3ccc([N+](=O)[O-])cc3Cl)o2)cc1. The van der Waals surface area contributed by atoms with Crippen molar-refractivity contribution in [2.45, 2.75) is 19.6 Å². The van der Waals surface area contributed by atoms with Crippen LogP contribution in [0.3, 0.4) is 0 Å². The molecular weight excluding hydrogens is 394 g/mol. The summed E-state index contributed by atoms with van der Waals surface area (Å²) in [5.74, 6) is 1.66. The van der Waals surface area contributed by atoms with Gasteiger partial charge in [0.15, 0.2) is 5.76 Å². The molecule has 29 heavy (non-hydrogen) atoms. The van der Waals surface area contributed by atoms with Crippen LogP contribution in [0.25, 0.3) is 11.3 Å². The molecule has 0 bridgehead atoms. The molecule has 0 fully saturated rings. The monoisotopic (exact) mass is 416 g/mol. The average molecular weight is 417 g/mol. The molecule has 0 saturated heterocycles. The van der Waals surface area contributed by atoms with Gasteiger partial charge in [-0.2, -0.15) is 0 Å². The molecule has 0 aliphatic carbocycles. The lowest BCUT2D eigenvalue weighted by atomic mass is 10.1. The number of nitrogens with zero attached hydrogens (tertiary/aromatic N) is 1. The minimum absolute atomic E-state index is 0.0266. The van der Waals surface area contributed by atoms with Crippen molar-refractivity contribution in [2.75, 3.05) is 18.4 Å². The summed E-state index contributed by atoms with van der Waals surface area (Å²) < 4.78 is 5.89. The lowest BCUT2D eigenvalue weighted by Crippen LogP contribution is -2.83. The van der Waals surface area contributed by atoms with Gasteiger partial charge in [0.25, 0.3) is 5.69 Å². The van der Waals surface area contributed by atoms with Crippen LogP contribution in [-0.2, 0) is 6.54 Å². The molecule has 1 atom stereocenters. The molecule has 2 aromatic carbocycles. The lowest BCUT2D eigenvalue weighted by molar-refractivity contribution is -0.669. The number of furan rings is 1. The lowest BCUT2D eigenvalue weighted by Gasteiger charge is -2.07. The molecule has 0 saturated carbocycles. The number of nitrogens with two attached hydrogens (primary N) is 1. The summed E-state index contributed by atoms with van der Waals surface area (Å²) in [5, 5.41) is 25.9. The third kappa shape index (κ3) is 5.57. The number of hydrogen-bond donors (Lipinski definition) is 3. The fourth-order valence-corrected chi connectivity index (χ4v) is 3.12. The number of aliphatic hydroxyl groups is 1. The predicted molar refractivity (Wildman–Crippen MR) is 112 cm³/mol. The Hall–Kier alpha value is -2.87. The second kappa shape index (κ2) is 9.56. The van der Waals surface area contributed by atoms with E-state index in [2.05, 4.69) is 10.6 Å². The highest BCUT2D eigenvalue weighted by Crippen LogP contribution is 2.26. The molecule has 3 rings (SSSR count). The molecule has 0 amide bonds. The van der Waals surface area contributed by atoms with Gasteiger partial charge >= 0.3 is 0 Å². The van der Waals surface area contributed by atoms with Crippen LogP contribution in [0.15, 0.2) is 59.0 Å². The Morgan fingerprint density at radius 1 is 1.21 bits per heavy atom. The molecule has 0 radical (unpaired) electrons. The predicted octanol–water partition coefficient (Wildman–Crippen LogP) is 3.74. The van der Waals surface area contributed by atoms with Gasteiger partial charge in [-0.25, -0.2) is 0 Å². The minimum Gasteiger partial charge on any atom is -0.455 e. The molecule has 0 spiro atoms. The van der Waals surface area contributed by atoms with Gasteiger partial charge in [0.05, 0.1) is 34.8 Å². The number of halogens is 1. The van der Waals surface area contributed by atoms with Crippen LogP contribution >= 0.6 is 11.6 Å². The number of rotatable bonds is 9. The van der Waals surface area contributed by atoms with Crippen molar-refractivity contribution >= 4 is 23.0 Å². The van der Waals surface area contributed by atoms with Crippen molar-refractivity contribution in [1.29, 1.82) is 0 Å². The second-order valence-corrected chi connectivity index (χ2v) is 7.10. The Labute approximate surface area is 173 Å². The number of nitro groups is 1. The third-order valence-electron chi connectivity index (χ3n) is 4.51. The second-order valence-electron chi connectivity index (χ2n) is 6.69. The van der Waals surface area contributed by atoms with E-state index in [1.54, 1.807) is 13.0 Å². The quantitative estimate of drug-likeness (QED) is 0.280. The highest BCUT2D eigenvalue weighted by atomic mass is 35.5. The molecule has 1 heterocycles.